The number of pyridine rings is 1. The molecule has 90 valence electrons. The van der Waals surface area contributed by atoms with Crippen LogP contribution in [0.2, 0.25) is 0 Å². The number of aryl methyl sites for hydroxylation is 1. The van der Waals surface area contributed by atoms with E-state index in [4.69, 9.17) is 10.2 Å². The van der Waals surface area contributed by atoms with Crippen molar-refractivity contribution in [1.29, 1.82) is 0 Å². The van der Waals surface area contributed by atoms with Gasteiger partial charge in [-0.25, -0.2) is 4.98 Å². The number of aromatic nitrogens is 1. The van der Waals surface area contributed by atoms with Gasteiger partial charge in [0, 0.05) is 31.4 Å². The second-order valence-corrected chi connectivity index (χ2v) is 4.17. The number of nitrogens with two attached hydrogens (primary N) is 1. The highest BCUT2D eigenvalue weighted by molar-refractivity contribution is 5.42. The normalized spacial score (nSPS) is 10.5. The van der Waals surface area contributed by atoms with E-state index >= 15 is 0 Å². The molecular formula is C13H17N3O. The molecule has 0 radical (unpaired) electrons. The van der Waals surface area contributed by atoms with Crippen LogP contribution in [0.1, 0.15) is 16.8 Å². The number of rotatable bonds is 4. The number of hydrogen-bond acceptors (Lipinski definition) is 4. The molecule has 2 aromatic heterocycles. The van der Waals surface area contributed by atoms with Crippen molar-refractivity contribution in [3.8, 4) is 0 Å². The van der Waals surface area contributed by atoms with Crippen LogP contribution in [0.5, 0.6) is 0 Å². The van der Waals surface area contributed by atoms with Crippen LogP contribution in [0, 0.1) is 6.92 Å². The first-order valence-electron chi connectivity index (χ1n) is 5.59. The summed E-state index contributed by atoms with van der Waals surface area (Å²) in [5, 5.41) is 0. The highest BCUT2D eigenvalue weighted by Gasteiger charge is 2.06. The quantitative estimate of drug-likeness (QED) is 0.875. The summed E-state index contributed by atoms with van der Waals surface area (Å²) >= 11 is 0. The topological polar surface area (TPSA) is 55.3 Å². The van der Waals surface area contributed by atoms with Crippen molar-refractivity contribution < 1.29 is 4.42 Å². The summed E-state index contributed by atoms with van der Waals surface area (Å²) in [6, 6.07) is 5.98. The summed E-state index contributed by atoms with van der Waals surface area (Å²) in [6.45, 7) is 3.29. The van der Waals surface area contributed by atoms with Crippen molar-refractivity contribution in [3.05, 3.63) is 47.5 Å². The van der Waals surface area contributed by atoms with Crippen molar-refractivity contribution in [1.82, 2.24) is 4.98 Å². The van der Waals surface area contributed by atoms with E-state index < -0.39 is 0 Å². The number of hydrogen-bond donors (Lipinski definition) is 1. The fourth-order valence-electron chi connectivity index (χ4n) is 1.77. The minimum absolute atomic E-state index is 0.538. The van der Waals surface area contributed by atoms with Gasteiger partial charge in [-0.3, -0.25) is 0 Å². The van der Waals surface area contributed by atoms with Crippen molar-refractivity contribution >= 4 is 5.82 Å². The molecule has 17 heavy (non-hydrogen) atoms. The van der Waals surface area contributed by atoms with Gasteiger partial charge in [0.25, 0.3) is 0 Å². The van der Waals surface area contributed by atoms with Crippen LogP contribution in [-0.4, -0.2) is 12.0 Å². The molecule has 2 N–H and O–H groups in total. The Hall–Kier alpha value is -1.81. The maximum atomic E-state index is 5.66. The molecule has 0 saturated carbocycles. The van der Waals surface area contributed by atoms with Gasteiger partial charge in [0.15, 0.2) is 0 Å². The zero-order valence-corrected chi connectivity index (χ0v) is 10.2. The number of anilines is 1. The summed E-state index contributed by atoms with van der Waals surface area (Å²) in [5.41, 5.74) is 8.88. The van der Waals surface area contributed by atoms with Gasteiger partial charge >= 0.3 is 0 Å². The lowest BCUT2D eigenvalue weighted by Crippen LogP contribution is -2.18. The average molecular weight is 231 g/mol. The predicted molar refractivity (Wildman–Crippen MR) is 67.7 cm³/mol. The molecule has 2 heterocycles. The van der Waals surface area contributed by atoms with Crippen LogP contribution in [-0.2, 0) is 13.1 Å². The molecule has 4 nitrogen and oxygen atoms in total. The smallest absolute Gasteiger partial charge is 0.129 e. The third-order valence-electron chi connectivity index (χ3n) is 2.63. The number of nitrogens with zero attached hydrogens (tertiary/aromatic N) is 2. The highest BCUT2D eigenvalue weighted by Crippen LogP contribution is 2.16. The minimum Gasteiger partial charge on any atom is -0.472 e. The second kappa shape index (κ2) is 5.01. The molecule has 2 rings (SSSR count). The van der Waals surface area contributed by atoms with Crippen LogP contribution in [0.15, 0.2) is 35.1 Å². The van der Waals surface area contributed by atoms with E-state index in [0.717, 1.165) is 29.2 Å². The lowest BCUT2D eigenvalue weighted by atomic mass is 10.2. The molecule has 4 heteroatoms. The molecule has 0 fully saturated rings. The minimum atomic E-state index is 0.538. The van der Waals surface area contributed by atoms with E-state index in [0.29, 0.717) is 6.54 Å². The zero-order chi connectivity index (χ0) is 12.3. The summed E-state index contributed by atoms with van der Waals surface area (Å²) in [4.78, 5) is 6.58. The van der Waals surface area contributed by atoms with E-state index in [1.807, 2.05) is 32.2 Å². The fraction of sp³-hybridized carbons (Fsp3) is 0.308. The Balaban J connectivity index is 2.18. The zero-order valence-electron chi connectivity index (χ0n) is 10.2. The molecule has 0 aliphatic rings. The Labute approximate surface area is 101 Å². The van der Waals surface area contributed by atoms with E-state index in [1.54, 1.807) is 12.5 Å². The van der Waals surface area contributed by atoms with Crippen LogP contribution >= 0.6 is 0 Å². The second-order valence-electron chi connectivity index (χ2n) is 4.17. The van der Waals surface area contributed by atoms with Crippen molar-refractivity contribution in [2.45, 2.75) is 20.0 Å². The van der Waals surface area contributed by atoms with E-state index in [1.165, 1.54) is 0 Å². The molecule has 0 saturated heterocycles. The molecule has 0 spiro atoms. The Morgan fingerprint density at radius 1 is 1.35 bits per heavy atom. The Kier molecular flexibility index (Phi) is 3.44. The van der Waals surface area contributed by atoms with E-state index in [2.05, 4.69) is 9.88 Å². The van der Waals surface area contributed by atoms with Crippen LogP contribution in [0.25, 0.3) is 0 Å². The fourth-order valence-corrected chi connectivity index (χ4v) is 1.77. The summed E-state index contributed by atoms with van der Waals surface area (Å²) in [6.07, 6.45) is 3.42. The Bertz CT molecular complexity index is 479. The SMILES string of the molecule is Cc1cc(CN)cc(N(C)Cc2ccoc2)n1. The molecular weight excluding hydrogens is 214 g/mol. The Morgan fingerprint density at radius 2 is 2.18 bits per heavy atom. The van der Waals surface area contributed by atoms with Crippen molar-refractivity contribution in [2.24, 2.45) is 5.73 Å². The van der Waals surface area contributed by atoms with Gasteiger partial charge < -0.3 is 15.1 Å². The first-order valence-corrected chi connectivity index (χ1v) is 5.59. The monoisotopic (exact) mass is 231 g/mol. The van der Waals surface area contributed by atoms with E-state index in [-0.39, 0.29) is 0 Å². The van der Waals surface area contributed by atoms with Crippen molar-refractivity contribution in [3.63, 3.8) is 0 Å². The maximum Gasteiger partial charge on any atom is 0.129 e. The molecule has 0 amide bonds. The molecule has 0 aliphatic carbocycles. The molecule has 0 aliphatic heterocycles. The average Bonchev–Trinajstić information content (AvgIpc) is 2.81. The first kappa shape index (κ1) is 11.7. The predicted octanol–water partition coefficient (Wildman–Crippen LogP) is 2.08. The van der Waals surface area contributed by atoms with Gasteiger partial charge in [0.2, 0.25) is 0 Å². The van der Waals surface area contributed by atoms with Gasteiger partial charge in [-0.05, 0) is 30.7 Å². The largest absolute Gasteiger partial charge is 0.472 e. The van der Waals surface area contributed by atoms with E-state index in [9.17, 15) is 0 Å². The third-order valence-corrected chi connectivity index (χ3v) is 2.63. The van der Waals surface area contributed by atoms with Crippen molar-refractivity contribution in [2.75, 3.05) is 11.9 Å². The molecule has 0 atom stereocenters. The first-order chi connectivity index (χ1) is 8.19. The van der Waals surface area contributed by atoms with Gasteiger partial charge in [-0.15, -0.1) is 0 Å². The maximum absolute atomic E-state index is 5.66. The summed E-state index contributed by atoms with van der Waals surface area (Å²) in [5.74, 6) is 0.937. The lowest BCUT2D eigenvalue weighted by Gasteiger charge is -2.18. The molecule has 0 bridgehead atoms. The number of furan rings is 1. The van der Waals surface area contributed by atoms with Gasteiger partial charge in [0.1, 0.15) is 5.82 Å². The van der Waals surface area contributed by atoms with Crippen LogP contribution in [0.3, 0.4) is 0 Å². The lowest BCUT2D eigenvalue weighted by molar-refractivity contribution is 0.563. The van der Waals surface area contributed by atoms with Crippen LogP contribution in [0.4, 0.5) is 5.82 Å². The third kappa shape index (κ3) is 2.85. The standard InChI is InChI=1S/C13H17N3O/c1-10-5-12(7-14)6-13(15-10)16(2)8-11-3-4-17-9-11/h3-6,9H,7-8,14H2,1-2H3. The Morgan fingerprint density at radius 3 is 2.82 bits per heavy atom. The molecule has 2 aromatic rings. The van der Waals surface area contributed by atoms with Gasteiger partial charge in [0.05, 0.1) is 12.5 Å². The molecule has 0 aromatic carbocycles. The summed E-state index contributed by atoms with van der Waals surface area (Å²) < 4.78 is 5.05. The molecule has 0 unspecified atom stereocenters. The van der Waals surface area contributed by atoms with Crippen LogP contribution < -0.4 is 10.6 Å². The van der Waals surface area contributed by atoms with Gasteiger partial charge in [-0.1, -0.05) is 0 Å². The van der Waals surface area contributed by atoms with Gasteiger partial charge in [-0.2, -0.15) is 0 Å². The summed E-state index contributed by atoms with van der Waals surface area (Å²) in [7, 11) is 2.01. The highest BCUT2D eigenvalue weighted by atomic mass is 16.3.